The molecule has 0 aromatic rings. The van der Waals surface area contributed by atoms with Crippen molar-refractivity contribution in [1.82, 2.24) is 0 Å². The van der Waals surface area contributed by atoms with Crippen molar-refractivity contribution in [3.63, 3.8) is 0 Å². The molecule has 1 rings (SSSR count). The van der Waals surface area contributed by atoms with Gasteiger partial charge in [-0.25, -0.2) is 0 Å². The van der Waals surface area contributed by atoms with Crippen LogP contribution in [-0.2, 0) is 18.9 Å². The molecule has 1 fully saturated rings. The highest BCUT2D eigenvalue weighted by Gasteiger charge is 2.51. The fraction of sp³-hybridized carbons (Fsp3) is 1.00. The van der Waals surface area contributed by atoms with Crippen LogP contribution in [0.15, 0.2) is 0 Å². The molecule has 0 spiro atoms. The third-order valence-electron chi connectivity index (χ3n) is 5.60. The number of hydrogen-bond donors (Lipinski definition) is 1. The van der Waals surface area contributed by atoms with E-state index in [9.17, 15) is 5.11 Å². The summed E-state index contributed by atoms with van der Waals surface area (Å²) in [7, 11) is 0. The summed E-state index contributed by atoms with van der Waals surface area (Å²) in [4.78, 5) is 0. The Balaban J connectivity index is 2.98. The van der Waals surface area contributed by atoms with Crippen LogP contribution >= 0.6 is 0 Å². The van der Waals surface area contributed by atoms with Crippen LogP contribution in [0.25, 0.3) is 0 Å². The number of aliphatic hydroxyl groups is 1. The van der Waals surface area contributed by atoms with Gasteiger partial charge in [-0.05, 0) is 25.7 Å². The van der Waals surface area contributed by atoms with Crippen molar-refractivity contribution in [2.24, 2.45) is 5.92 Å². The fourth-order valence-corrected chi connectivity index (χ4v) is 3.64. The van der Waals surface area contributed by atoms with E-state index >= 15 is 0 Å². The minimum atomic E-state index is -0.610. The van der Waals surface area contributed by atoms with E-state index in [4.69, 9.17) is 18.9 Å². The molecule has 6 atom stereocenters. The number of rotatable bonds is 16. The molecule has 1 N–H and O–H groups in total. The average molecular weight is 403 g/mol. The van der Waals surface area contributed by atoms with Crippen LogP contribution in [0, 0.1) is 5.92 Å². The summed E-state index contributed by atoms with van der Waals surface area (Å²) in [6.07, 6.45) is 6.68. The Kier molecular flexibility index (Phi) is 14.4. The van der Waals surface area contributed by atoms with Gasteiger partial charge >= 0.3 is 0 Å². The average Bonchev–Trinajstić information content (AvgIpc) is 2.69. The monoisotopic (exact) mass is 402 g/mol. The summed E-state index contributed by atoms with van der Waals surface area (Å²) in [6.45, 7) is 13.4. The quantitative estimate of drug-likeness (QED) is 0.378. The third-order valence-corrected chi connectivity index (χ3v) is 5.60. The van der Waals surface area contributed by atoms with E-state index in [1.54, 1.807) is 0 Å². The Morgan fingerprint density at radius 3 is 1.25 bits per heavy atom. The summed E-state index contributed by atoms with van der Waals surface area (Å²) < 4.78 is 25.0. The van der Waals surface area contributed by atoms with Gasteiger partial charge in [0.25, 0.3) is 0 Å². The second kappa shape index (κ2) is 15.6. The normalized spacial score (nSPS) is 30.6. The van der Waals surface area contributed by atoms with Gasteiger partial charge in [-0.15, -0.1) is 0 Å². The lowest BCUT2D eigenvalue weighted by Gasteiger charge is -2.48. The Labute approximate surface area is 173 Å². The molecule has 0 amide bonds. The number of ether oxygens (including phenoxy) is 4. The molecule has 1 saturated carbocycles. The molecule has 0 bridgehead atoms. The van der Waals surface area contributed by atoms with Crippen LogP contribution < -0.4 is 0 Å². The highest BCUT2D eigenvalue weighted by Crippen LogP contribution is 2.34. The largest absolute Gasteiger partial charge is 0.390 e. The van der Waals surface area contributed by atoms with Gasteiger partial charge in [0.1, 0.15) is 18.3 Å². The summed E-state index contributed by atoms with van der Waals surface area (Å²) in [5.74, 6) is -0.0545. The van der Waals surface area contributed by atoms with Crippen molar-refractivity contribution >= 4 is 0 Å². The number of aliphatic hydroxyl groups excluding tert-OH is 1. The molecule has 0 radical (unpaired) electrons. The zero-order valence-electron chi connectivity index (χ0n) is 19.0. The fourth-order valence-electron chi connectivity index (χ4n) is 3.64. The van der Waals surface area contributed by atoms with E-state index in [1.165, 1.54) is 0 Å². The predicted octanol–water partition coefficient (Wildman–Crippen LogP) is 4.74. The lowest BCUT2D eigenvalue weighted by molar-refractivity contribution is -0.250. The topological polar surface area (TPSA) is 57.2 Å². The zero-order chi connectivity index (χ0) is 20.8. The molecular weight excluding hydrogens is 356 g/mol. The molecule has 5 heteroatoms. The maximum atomic E-state index is 11.0. The Morgan fingerprint density at radius 2 is 0.857 bits per heavy atom. The SMILES string of the molecule is CCCCOC1C(OCCCC)[C@H](OCCCC)C(OCCCC)C(C)[C@H]1O. The number of unbranched alkanes of at least 4 members (excludes halogenated alkanes) is 4. The van der Waals surface area contributed by atoms with Crippen LogP contribution in [0.4, 0.5) is 0 Å². The van der Waals surface area contributed by atoms with E-state index in [1.807, 2.05) is 0 Å². The van der Waals surface area contributed by atoms with Gasteiger partial charge in [-0.1, -0.05) is 60.3 Å². The predicted molar refractivity (Wildman–Crippen MR) is 114 cm³/mol. The van der Waals surface area contributed by atoms with Gasteiger partial charge in [0.15, 0.2) is 0 Å². The summed E-state index contributed by atoms with van der Waals surface area (Å²) in [5.41, 5.74) is 0. The Bertz CT molecular complexity index is 331. The van der Waals surface area contributed by atoms with Gasteiger partial charge in [-0.2, -0.15) is 0 Å². The number of hydrogen-bond acceptors (Lipinski definition) is 5. The van der Waals surface area contributed by atoms with E-state index in [2.05, 4.69) is 34.6 Å². The van der Waals surface area contributed by atoms with Crippen molar-refractivity contribution in [3.05, 3.63) is 0 Å². The maximum absolute atomic E-state index is 11.0. The minimum Gasteiger partial charge on any atom is -0.390 e. The van der Waals surface area contributed by atoms with Crippen molar-refractivity contribution in [2.45, 2.75) is 117 Å². The summed E-state index contributed by atoms with van der Waals surface area (Å²) in [6, 6.07) is 0. The minimum absolute atomic E-state index is 0.0545. The second-order valence-corrected chi connectivity index (χ2v) is 8.11. The van der Waals surface area contributed by atoms with Crippen molar-refractivity contribution in [3.8, 4) is 0 Å². The van der Waals surface area contributed by atoms with Crippen molar-refractivity contribution in [1.29, 1.82) is 0 Å². The molecule has 4 unspecified atom stereocenters. The van der Waals surface area contributed by atoms with E-state index in [0.717, 1.165) is 51.4 Å². The second-order valence-electron chi connectivity index (χ2n) is 8.11. The zero-order valence-corrected chi connectivity index (χ0v) is 19.0. The lowest BCUT2D eigenvalue weighted by Crippen LogP contribution is -2.63. The van der Waals surface area contributed by atoms with Crippen molar-refractivity contribution in [2.75, 3.05) is 26.4 Å². The highest BCUT2D eigenvalue weighted by atomic mass is 16.6. The molecule has 0 heterocycles. The molecule has 1 aliphatic rings. The van der Waals surface area contributed by atoms with E-state index in [-0.39, 0.29) is 30.3 Å². The van der Waals surface area contributed by atoms with Crippen molar-refractivity contribution < 1.29 is 24.1 Å². The standard InChI is InChI=1S/C23H46O5/c1-6-10-14-25-20-18(5)19(24)21(26-15-11-7-2)23(28-17-13-9-4)22(20)27-16-12-8-3/h18-24H,6-17H2,1-5H3/t18?,19-,20?,21?,22-,23?/m1/s1. The Morgan fingerprint density at radius 1 is 0.536 bits per heavy atom. The van der Waals surface area contributed by atoms with Crippen LogP contribution in [-0.4, -0.2) is 62.1 Å². The van der Waals surface area contributed by atoms with Crippen LogP contribution in [0.3, 0.4) is 0 Å². The van der Waals surface area contributed by atoms with E-state index < -0.39 is 6.10 Å². The first kappa shape index (κ1) is 25.8. The Hall–Kier alpha value is -0.200. The highest BCUT2D eigenvalue weighted by molar-refractivity contribution is 5.00. The molecule has 0 aromatic heterocycles. The first-order valence-electron chi connectivity index (χ1n) is 11.8. The molecule has 0 aromatic carbocycles. The van der Waals surface area contributed by atoms with Gasteiger partial charge in [0.2, 0.25) is 0 Å². The van der Waals surface area contributed by atoms with Gasteiger partial charge in [0, 0.05) is 32.3 Å². The summed E-state index contributed by atoms with van der Waals surface area (Å²) in [5, 5.41) is 11.0. The molecular formula is C23H46O5. The lowest BCUT2D eigenvalue weighted by atomic mass is 9.79. The molecule has 0 saturated heterocycles. The first-order valence-corrected chi connectivity index (χ1v) is 11.8. The molecule has 5 nitrogen and oxygen atoms in total. The molecule has 0 aliphatic heterocycles. The summed E-state index contributed by atoms with van der Waals surface area (Å²) >= 11 is 0. The van der Waals surface area contributed by atoms with Gasteiger partial charge < -0.3 is 24.1 Å². The van der Waals surface area contributed by atoms with Crippen LogP contribution in [0.1, 0.15) is 86.0 Å². The molecule has 28 heavy (non-hydrogen) atoms. The third kappa shape index (κ3) is 8.27. The van der Waals surface area contributed by atoms with E-state index in [0.29, 0.717) is 26.4 Å². The van der Waals surface area contributed by atoms with Gasteiger partial charge in [-0.3, -0.25) is 0 Å². The molecule has 1 aliphatic carbocycles. The smallest absolute Gasteiger partial charge is 0.115 e. The molecule has 168 valence electrons. The first-order chi connectivity index (χ1) is 13.6. The maximum Gasteiger partial charge on any atom is 0.115 e. The van der Waals surface area contributed by atoms with Crippen LogP contribution in [0.2, 0.25) is 0 Å². The van der Waals surface area contributed by atoms with Crippen LogP contribution in [0.5, 0.6) is 0 Å². The van der Waals surface area contributed by atoms with Gasteiger partial charge in [0.05, 0.1) is 12.2 Å².